The van der Waals surface area contributed by atoms with E-state index in [1.54, 1.807) is 20.1 Å². The van der Waals surface area contributed by atoms with Crippen LogP contribution in [0.3, 0.4) is 0 Å². The Balaban J connectivity index is 1.71. The summed E-state index contributed by atoms with van der Waals surface area (Å²) in [6.07, 6.45) is 0.754. The molecule has 3 aromatic carbocycles. The maximum atomic E-state index is 13.1. The molecule has 1 aromatic heterocycles. The van der Waals surface area contributed by atoms with Gasteiger partial charge in [0.1, 0.15) is 22.8 Å². The lowest BCUT2D eigenvalue weighted by atomic mass is 10.1. The second kappa shape index (κ2) is 7.84. The molecular weight excluding hydrogens is 364 g/mol. The van der Waals surface area contributed by atoms with Gasteiger partial charge < -0.3 is 13.9 Å². The lowest BCUT2D eigenvalue weighted by Gasteiger charge is -2.12. The van der Waals surface area contributed by atoms with Gasteiger partial charge in [0.2, 0.25) is 11.2 Å². The fourth-order valence-electron chi connectivity index (χ4n) is 3.41. The van der Waals surface area contributed by atoms with Crippen molar-refractivity contribution in [3.05, 3.63) is 88.3 Å². The molecule has 4 nitrogen and oxygen atoms in total. The Morgan fingerprint density at radius 3 is 2.28 bits per heavy atom. The molecule has 0 N–H and O–H groups in total. The molecule has 0 saturated heterocycles. The van der Waals surface area contributed by atoms with E-state index in [4.69, 9.17) is 13.9 Å². The molecule has 0 saturated carbocycles. The van der Waals surface area contributed by atoms with Crippen molar-refractivity contribution < 1.29 is 13.9 Å². The van der Waals surface area contributed by atoms with Gasteiger partial charge in [0.25, 0.3) is 0 Å². The number of methoxy groups -OCH3 is 1. The highest BCUT2D eigenvalue weighted by Gasteiger charge is 2.16. The highest BCUT2D eigenvalue weighted by molar-refractivity contribution is 5.81. The molecular formula is C25H22O4. The van der Waals surface area contributed by atoms with E-state index in [0.29, 0.717) is 28.2 Å². The minimum atomic E-state index is -0.187. The number of hydrogen-bond donors (Lipinski definition) is 0. The molecule has 4 heteroatoms. The first-order valence-corrected chi connectivity index (χ1v) is 9.58. The molecule has 29 heavy (non-hydrogen) atoms. The second-order valence-corrected chi connectivity index (χ2v) is 6.82. The molecule has 0 aliphatic carbocycles. The normalized spacial score (nSPS) is 10.9. The molecule has 0 amide bonds. The molecule has 0 fully saturated rings. The fourth-order valence-corrected chi connectivity index (χ4v) is 3.41. The summed E-state index contributed by atoms with van der Waals surface area (Å²) in [6.45, 7) is 3.75. The highest BCUT2D eigenvalue weighted by Crippen LogP contribution is 2.30. The topological polar surface area (TPSA) is 48.7 Å². The van der Waals surface area contributed by atoms with Crippen LogP contribution < -0.4 is 14.9 Å². The van der Waals surface area contributed by atoms with Gasteiger partial charge in [-0.25, -0.2) is 0 Å². The zero-order valence-electron chi connectivity index (χ0n) is 16.7. The number of aryl methyl sites for hydroxylation is 2. The van der Waals surface area contributed by atoms with Gasteiger partial charge in [-0.2, -0.15) is 0 Å². The SMILES string of the molecule is CCc1cc2c(=O)c(Oc3ccc(-c4ccccc4)cc3)c(C)oc2cc1OC. The summed E-state index contributed by atoms with van der Waals surface area (Å²) >= 11 is 0. The van der Waals surface area contributed by atoms with E-state index >= 15 is 0 Å². The van der Waals surface area contributed by atoms with Crippen molar-refractivity contribution >= 4 is 11.0 Å². The first-order chi connectivity index (χ1) is 14.1. The van der Waals surface area contributed by atoms with Crippen LogP contribution in [0.4, 0.5) is 0 Å². The molecule has 0 unspecified atom stereocenters. The summed E-state index contributed by atoms with van der Waals surface area (Å²) in [4.78, 5) is 13.1. The number of fused-ring (bicyclic) bond motifs is 1. The van der Waals surface area contributed by atoms with Gasteiger partial charge in [0, 0.05) is 6.07 Å². The summed E-state index contributed by atoms with van der Waals surface area (Å²) in [6, 6.07) is 21.4. The van der Waals surface area contributed by atoms with Crippen molar-refractivity contribution in [3.63, 3.8) is 0 Å². The molecule has 0 aliphatic heterocycles. The first kappa shape index (κ1) is 18.8. The molecule has 1 heterocycles. The average molecular weight is 386 g/mol. The van der Waals surface area contributed by atoms with E-state index in [-0.39, 0.29) is 11.2 Å². The minimum absolute atomic E-state index is 0.187. The predicted octanol–water partition coefficient (Wildman–Crippen LogP) is 6.13. The van der Waals surface area contributed by atoms with E-state index in [0.717, 1.165) is 23.1 Å². The van der Waals surface area contributed by atoms with Gasteiger partial charge in [0.05, 0.1) is 12.5 Å². The smallest absolute Gasteiger partial charge is 0.235 e. The first-order valence-electron chi connectivity index (χ1n) is 9.58. The molecule has 146 valence electrons. The second-order valence-electron chi connectivity index (χ2n) is 6.82. The maximum absolute atomic E-state index is 13.1. The zero-order chi connectivity index (χ0) is 20.4. The third-order valence-corrected chi connectivity index (χ3v) is 4.98. The molecule has 0 atom stereocenters. The predicted molar refractivity (Wildman–Crippen MR) is 115 cm³/mol. The third kappa shape index (κ3) is 3.61. The summed E-state index contributed by atoms with van der Waals surface area (Å²) in [5.74, 6) is 1.94. The van der Waals surface area contributed by atoms with Crippen molar-refractivity contribution in [2.75, 3.05) is 7.11 Å². The fraction of sp³-hybridized carbons (Fsp3) is 0.160. The lowest BCUT2D eigenvalue weighted by molar-refractivity contribution is 0.408. The average Bonchev–Trinajstić information content (AvgIpc) is 2.77. The maximum Gasteiger partial charge on any atom is 0.235 e. The van der Waals surface area contributed by atoms with Crippen LogP contribution in [0.15, 0.2) is 75.9 Å². The van der Waals surface area contributed by atoms with E-state index < -0.39 is 0 Å². The number of ether oxygens (including phenoxy) is 2. The summed E-state index contributed by atoms with van der Waals surface area (Å²) in [5.41, 5.74) is 3.47. The van der Waals surface area contributed by atoms with E-state index in [1.807, 2.05) is 55.5 Å². The van der Waals surface area contributed by atoms with Crippen molar-refractivity contribution in [3.8, 4) is 28.4 Å². The quantitative estimate of drug-likeness (QED) is 0.414. The monoisotopic (exact) mass is 386 g/mol. The number of rotatable bonds is 5. The lowest BCUT2D eigenvalue weighted by Crippen LogP contribution is -2.08. The van der Waals surface area contributed by atoms with Crippen LogP contribution >= 0.6 is 0 Å². The van der Waals surface area contributed by atoms with Crippen molar-refractivity contribution in [1.29, 1.82) is 0 Å². The Labute approximate surface area is 169 Å². The Morgan fingerprint density at radius 2 is 1.62 bits per heavy atom. The minimum Gasteiger partial charge on any atom is -0.496 e. The van der Waals surface area contributed by atoms with E-state index in [1.165, 1.54) is 0 Å². The molecule has 0 radical (unpaired) electrons. The van der Waals surface area contributed by atoms with Gasteiger partial charge in [-0.15, -0.1) is 0 Å². The molecule has 4 aromatic rings. The largest absolute Gasteiger partial charge is 0.496 e. The molecule has 4 rings (SSSR count). The summed E-state index contributed by atoms with van der Waals surface area (Å²) < 4.78 is 17.2. The Kier molecular flexibility index (Phi) is 5.09. The third-order valence-electron chi connectivity index (χ3n) is 4.98. The number of hydrogen-bond acceptors (Lipinski definition) is 4. The van der Waals surface area contributed by atoms with Crippen LogP contribution in [-0.2, 0) is 6.42 Å². The van der Waals surface area contributed by atoms with Crippen molar-refractivity contribution in [2.45, 2.75) is 20.3 Å². The summed E-state index contributed by atoms with van der Waals surface area (Å²) in [7, 11) is 1.61. The molecule has 0 spiro atoms. The van der Waals surface area contributed by atoms with Gasteiger partial charge in [0.15, 0.2) is 0 Å². The van der Waals surface area contributed by atoms with Crippen LogP contribution in [0, 0.1) is 6.92 Å². The Hall–Kier alpha value is -3.53. The highest BCUT2D eigenvalue weighted by atomic mass is 16.5. The van der Waals surface area contributed by atoms with Crippen LogP contribution in [-0.4, -0.2) is 7.11 Å². The van der Waals surface area contributed by atoms with E-state index in [2.05, 4.69) is 12.1 Å². The molecule has 0 bridgehead atoms. The number of benzene rings is 3. The molecule has 0 aliphatic rings. The summed E-state index contributed by atoms with van der Waals surface area (Å²) in [5, 5.41) is 0.490. The Morgan fingerprint density at radius 1 is 0.931 bits per heavy atom. The van der Waals surface area contributed by atoms with Gasteiger partial charge in [-0.05, 0) is 48.2 Å². The van der Waals surface area contributed by atoms with Crippen molar-refractivity contribution in [1.82, 2.24) is 0 Å². The van der Waals surface area contributed by atoms with Crippen LogP contribution in [0.25, 0.3) is 22.1 Å². The zero-order valence-corrected chi connectivity index (χ0v) is 16.7. The Bertz CT molecular complexity index is 1210. The van der Waals surface area contributed by atoms with Crippen LogP contribution in [0.2, 0.25) is 0 Å². The standard InChI is InChI=1S/C25H22O4/c1-4-17-14-21-23(15-22(17)27-3)28-16(2)25(24(21)26)29-20-12-10-19(11-13-20)18-8-6-5-7-9-18/h5-15H,4H2,1-3H3. The van der Waals surface area contributed by atoms with E-state index in [9.17, 15) is 4.79 Å². The van der Waals surface area contributed by atoms with Gasteiger partial charge >= 0.3 is 0 Å². The van der Waals surface area contributed by atoms with Gasteiger partial charge in [-0.3, -0.25) is 4.79 Å². The van der Waals surface area contributed by atoms with Crippen LogP contribution in [0.5, 0.6) is 17.2 Å². The van der Waals surface area contributed by atoms with Crippen LogP contribution in [0.1, 0.15) is 18.2 Å². The van der Waals surface area contributed by atoms with Crippen molar-refractivity contribution in [2.24, 2.45) is 0 Å². The van der Waals surface area contributed by atoms with Gasteiger partial charge in [-0.1, -0.05) is 49.4 Å².